The third kappa shape index (κ3) is 6.88. The fraction of sp³-hybridized carbons (Fsp3) is 0.667. The second-order valence-electron chi connectivity index (χ2n) is 4.80. The van der Waals surface area contributed by atoms with E-state index in [-0.39, 0.29) is 12.8 Å². The Morgan fingerprint density at radius 1 is 1.18 bits per heavy atom. The van der Waals surface area contributed by atoms with Gasteiger partial charge in [0.15, 0.2) is 5.66 Å². The van der Waals surface area contributed by atoms with Gasteiger partial charge in [0.1, 0.15) is 6.04 Å². The van der Waals surface area contributed by atoms with Crippen LogP contribution in [0.4, 0.5) is 4.79 Å². The van der Waals surface area contributed by atoms with Crippen molar-refractivity contribution in [3.8, 4) is 0 Å². The summed E-state index contributed by atoms with van der Waals surface area (Å²) in [6, 6.07) is -2.54. The lowest BCUT2D eigenvalue weighted by molar-refractivity contribution is -0.144. The fourth-order valence-electron chi connectivity index (χ4n) is 1.60. The minimum absolute atomic E-state index is 0.0287. The van der Waals surface area contributed by atoms with Gasteiger partial charge in [-0.1, -0.05) is 13.3 Å². The largest absolute Gasteiger partial charge is 0.481 e. The highest BCUT2D eigenvalue weighted by atomic mass is 16.4. The summed E-state index contributed by atoms with van der Waals surface area (Å²) in [6.45, 7) is 1.81. The van der Waals surface area contributed by atoms with Crippen molar-refractivity contribution in [3.05, 3.63) is 0 Å². The van der Waals surface area contributed by atoms with Gasteiger partial charge >= 0.3 is 23.9 Å². The van der Waals surface area contributed by atoms with Gasteiger partial charge in [-0.05, 0) is 19.3 Å². The maximum atomic E-state index is 11.7. The van der Waals surface area contributed by atoms with E-state index < -0.39 is 42.1 Å². The van der Waals surface area contributed by atoms with Crippen LogP contribution in [0.25, 0.3) is 0 Å². The lowest BCUT2D eigenvalue weighted by Crippen LogP contribution is -2.64. The van der Waals surface area contributed by atoms with Crippen LogP contribution in [0, 0.1) is 0 Å². The molecule has 0 radical (unpaired) electrons. The predicted molar refractivity (Wildman–Crippen MR) is 74.0 cm³/mol. The Kier molecular flexibility index (Phi) is 7.88. The molecular formula is C12H21N3O7. The van der Waals surface area contributed by atoms with Gasteiger partial charge in [0.25, 0.3) is 0 Å². The van der Waals surface area contributed by atoms with Crippen molar-refractivity contribution in [3.63, 3.8) is 0 Å². The zero-order chi connectivity index (χ0) is 17.3. The number of aliphatic carboxylic acids is 3. The van der Waals surface area contributed by atoms with Crippen molar-refractivity contribution in [1.82, 2.24) is 10.6 Å². The van der Waals surface area contributed by atoms with Gasteiger partial charge in [0.2, 0.25) is 0 Å². The molecule has 0 heterocycles. The maximum Gasteiger partial charge on any atom is 0.344 e. The van der Waals surface area contributed by atoms with Crippen molar-refractivity contribution in [2.75, 3.05) is 0 Å². The zero-order valence-corrected chi connectivity index (χ0v) is 12.2. The Hall–Kier alpha value is -2.36. The number of hydrogen-bond donors (Lipinski definition) is 6. The Labute approximate surface area is 126 Å². The molecule has 0 saturated heterocycles. The second-order valence-corrected chi connectivity index (χ2v) is 4.80. The van der Waals surface area contributed by atoms with Crippen molar-refractivity contribution >= 4 is 23.9 Å². The van der Waals surface area contributed by atoms with Gasteiger partial charge < -0.3 is 26.0 Å². The third-order valence-corrected chi connectivity index (χ3v) is 2.89. The van der Waals surface area contributed by atoms with E-state index in [9.17, 15) is 19.2 Å². The number of nitrogens with one attached hydrogen (secondary N) is 2. The molecule has 0 bridgehead atoms. The van der Waals surface area contributed by atoms with Gasteiger partial charge in [0.05, 0.1) is 0 Å². The molecule has 10 heteroatoms. The number of carboxylic acid groups (broad SMARTS) is 3. The third-order valence-electron chi connectivity index (χ3n) is 2.89. The predicted octanol–water partition coefficient (Wildman–Crippen LogP) is -0.467. The molecule has 7 N–H and O–H groups in total. The maximum absolute atomic E-state index is 11.7. The van der Waals surface area contributed by atoms with Crippen LogP contribution in [0.15, 0.2) is 0 Å². The Bertz CT molecular complexity index is 440. The Morgan fingerprint density at radius 2 is 1.77 bits per heavy atom. The van der Waals surface area contributed by atoms with Crippen LogP contribution in [-0.4, -0.2) is 51.0 Å². The number of carbonyl (C=O) groups excluding carboxylic acids is 1. The van der Waals surface area contributed by atoms with Crippen molar-refractivity contribution in [2.45, 2.75) is 50.7 Å². The number of hydrogen-bond acceptors (Lipinski definition) is 5. The van der Waals surface area contributed by atoms with Gasteiger partial charge in [0, 0.05) is 6.42 Å². The van der Waals surface area contributed by atoms with Gasteiger partial charge in [-0.25, -0.2) is 14.4 Å². The highest BCUT2D eigenvalue weighted by Crippen LogP contribution is 2.09. The molecule has 0 aromatic rings. The smallest absolute Gasteiger partial charge is 0.344 e. The normalized spacial score (nSPS) is 14.5. The molecule has 0 aromatic heterocycles. The molecule has 0 saturated carbocycles. The van der Waals surface area contributed by atoms with Crippen LogP contribution in [-0.2, 0) is 14.4 Å². The molecule has 0 aliphatic carbocycles. The molecule has 0 aliphatic rings. The van der Waals surface area contributed by atoms with E-state index in [1.54, 1.807) is 0 Å². The van der Waals surface area contributed by atoms with Gasteiger partial charge in [-0.3, -0.25) is 10.5 Å². The lowest BCUT2D eigenvalue weighted by atomic mass is 10.0. The standard InChI is InChI=1S/C12H21N3O7/c1-2-3-6-12(13,10(20)21)15-11(22)14-7(9(18)19)4-5-8(16)17/h7H,2-6,13H2,1H3,(H,16,17)(H,18,19)(H,20,21)(H2,14,15,22)/t7-,12-/m0/s1. The highest BCUT2D eigenvalue weighted by Gasteiger charge is 2.36. The first kappa shape index (κ1) is 19.6. The molecule has 0 aromatic carbocycles. The van der Waals surface area contributed by atoms with Crippen LogP contribution in [0.3, 0.4) is 0 Å². The lowest BCUT2D eigenvalue weighted by Gasteiger charge is -2.26. The molecule has 0 spiro atoms. The summed E-state index contributed by atoms with van der Waals surface area (Å²) in [5, 5.41) is 30.5. The van der Waals surface area contributed by atoms with E-state index in [1.165, 1.54) is 0 Å². The fourth-order valence-corrected chi connectivity index (χ4v) is 1.60. The second kappa shape index (κ2) is 8.82. The molecule has 126 valence electrons. The molecule has 0 fully saturated rings. The van der Waals surface area contributed by atoms with Crippen molar-refractivity contribution in [2.24, 2.45) is 5.73 Å². The van der Waals surface area contributed by atoms with E-state index in [4.69, 9.17) is 21.1 Å². The van der Waals surface area contributed by atoms with Gasteiger partial charge in [-0.2, -0.15) is 0 Å². The number of urea groups is 1. The van der Waals surface area contributed by atoms with E-state index in [0.717, 1.165) is 0 Å². The minimum Gasteiger partial charge on any atom is -0.481 e. The summed E-state index contributed by atoms with van der Waals surface area (Å²) in [7, 11) is 0. The first-order chi connectivity index (χ1) is 10.1. The molecule has 2 atom stereocenters. The number of carboxylic acids is 3. The summed E-state index contributed by atoms with van der Waals surface area (Å²) in [4.78, 5) is 44.2. The number of nitrogens with two attached hydrogens (primary N) is 1. The molecule has 2 amide bonds. The molecular weight excluding hydrogens is 298 g/mol. The first-order valence-electron chi connectivity index (χ1n) is 6.68. The van der Waals surface area contributed by atoms with Crippen LogP contribution in [0.5, 0.6) is 0 Å². The quantitative estimate of drug-likeness (QED) is 0.292. The number of rotatable bonds is 10. The molecule has 10 nitrogen and oxygen atoms in total. The van der Waals surface area contributed by atoms with Crippen LogP contribution < -0.4 is 16.4 Å². The first-order valence-corrected chi connectivity index (χ1v) is 6.68. The SMILES string of the molecule is CCCC[C@](N)(NC(=O)N[C@@H](CCC(=O)O)C(=O)O)C(=O)O. The van der Waals surface area contributed by atoms with Crippen molar-refractivity contribution in [1.29, 1.82) is 0 Å². The number of carbonyl (C=O) groups is 4. The monoisotopic (exact) mass is 319 g/mol. The van der Waals surface area contributed by atoms with Crippen molar-refractivity contribution < 1.29 is 34.5 Å². The van der Waals surface area contributed by atoms with E-state index >= 15 is 0 Å². The van der Waals surface area contributed by atoms with Gasteiger partial charge in [-0.15, -0.1) is 0 Å². The van der Waals surface area contributed by atoms with E-state index in [0.29, 0.717) is 12.8 Å². The Morgan fingerprint density at radius 3 is 2.18 bits per heavy atom. The van der Waals surface area contributed by atoms with Crippen LogP contribution in [0.1, 0.15) is 39.0 Å². The minimum atomic E-state index is -2.02. The summed E-state index contributed by atoms with van der Waals surface area (Å²) >= 11 is 0. The van der Waals surface area contributed by atoms with Crippen LogP contribution in [0.2, 0.25) is 0 Å². The summed E-state index contributed by atoms with van der Waals surface area (Å²) in [6.07, 6.45) is 0.285. The summed E-state index contributed by atoms with van der Waals surface area (Å²) in [5.74, 6) is -4.09. The van der Waals surface area contributed by atoms with Crippen LogP contribution >= 0.6 is 0 Å². The summed E-state index contributed by atoms with van der Waals surface area (Å²) in [5.41, 5.74) is 3.57. The highest BCUT2D eigenvalue weighted by molar-refractivity contribution is 5.88. The summed E-state index contributed by atoms with van der Waals surface area (Å²) < 4.78 is 0. The number of amides is 2. The Balaban J connectivity index is 4.74. The molecule has 22 heavy (non-hydrogen) atoms. The molecule has 0 rings (SSSR count). The average molecular weight is 319 g/mol. The molecule has 0 aliphatic heterocycles. The van der Waals surface area contributed by atoms with E-state index in [1.807, 2.05) is 17.6 Å². The average Bonchev–Trinajstić information content (AvgIpc) is 2.40. The molecule has 0 unspecified atom stereocenters. The van der Waals surface area contributed by atoms with E-state index in [2.05, 4.69) is 0 Å². The topological polar surface area (TPSA) is 179 Å². The zero-order valence-electron chi connectivity index (χ0n) is 12.2. The number of unbranched alkanes of at least 4 members (excludes halogenated alkanes) is 1.